The fourth-order valence-corrected chi connectivity index (χ4v) is 4.94. The van der Waals surface area contributed by atoms with E-state index in [1.807, 2.05) is 36.4 Å². The molecule has 0 unspecified atom stereocenters. The number of benzene rings is 4. The Bertz CT molecular complexity index is 1350. The van der Waals surface area contributed by atoms with Crippen LogP contribution in [0.5, 0.6) is 5.75 Å². The van der Waals surface area contributed by atoms with Gasteiger partial charge in [0.25, 0.3) is 0 Å². The minimum atomic E-state index is -1.26. The van der Waals surface area contributed by atoms with Crippen LogP contribution in [0.25, 0.3) is 10.8 Å². The molecule has 5 rings (SSSR count). The zero-order valence-electron chi connectivity index (χ0n) is 19.3. The van der Waals surface area contributed by atoms with Gasteiger partial charge in [-0.2, -0.15) is 0 Å². The van der Waals surface area contributed by atoms with Gasteiger partial charge in [-0.3, -0.25) is 0 Å². The maximum Gasteiger partial charge on any atom is 0.338 e. The highest BCUT2D eigenvalue weighted by molar-refractivity contribution is 5.88. The molecule has 2 N–H and O–H groups in total. The molecule has 0 amide bonds. The highest BCUT2D eigenvalue weighted by Gasteiger charge is 2.32. The molecule has 180 valence electrons. The molecular weight excluding hydrogens is 465 g/mol. The highest BCUT2D eigenvalue weighted by Crippen LogP contribution is 2.41. The van der Waals surface area contributed by atoms with Gasteiger partial charge in [0.15, 0.2) is 0 Å². The molecule has 4 aromatic carbocycles. The lowest BCUT2D eigenvalue weighted by molar-refractivity contribution is 0.0691. The highest BCUT2D eigenvalue weighted by atomic mass is 35.5. The molecule has 1 heterocycles. The second-order valence-corrected chi connectivity index (χ2v) is 8.78. The topological polar surface area (TPSA) is 58.6 Å². The Morgan fingerprint density at radius 3 is 2.51 bits per heavy atom. The Morgan fingerprint density at radius 1 is 1.00 bits per heavy atom. The maximum absolute atomic E-state index is 15.2. The van der Waals surface area contributed by atoms with Gasteiger partial charge in [-0.15, -0.1) is 12.4 Å². The number of carboxylic acid groups (broad SMARTS) is 1. The van der Waals surface area contributed by atoms with Crippen molar-refractivity contribution >= 4 is 29.1 Å². The van der Waals surface area contributed by atoms with Crippen LogP contribution in [0.3, 0.4) is 0 Å². The van der Waals surface area contributed by atoms with Crippen molar-refractivity contribution in [1.82, 2.24) is 5.32 Å². The number of nitrogens with one attached hydrogen (secondary N) is 1. The van der Waals surface area contributed by atoms with Crippen LogP contribution >= 0.6 is 12.4 Å². The Labute approximate surface area is 210 Å². The summed E-state index contributed by atoms with van der Waals surface area (Å²) in [7, 11) is 0. The fraction of sp³-hybridized carbons (Fsp3) is 0.207. The molecule has 0 aromatic heterocycles. The van der Waals surface area contributed by atoms with Crippen LogP contribution in [0, 0.1) is 5.82 Å². The Morgan fingerprint density at radius 2 is 1.69 bits per heavy atom. The smallest absolute Gasteiger partial charge is 0.338 e. The predicted octanol–water partition coefficient (Wildman–Crippen LogP) is 6.73. The van der Waals surface area contributed by atoms with Crippen LogP contribution < -0.4 is 10.1 Å². The summed E-state index contributed by atoms with van der Waals surface area (Å²) in [6, 6.07) is 26.9. The molecule has 0 saturated heterocycles. The molecule has 3 atom stereocenters. The van der Waals surface area contributed by atoms with Crippen molar-refractivity contribution in [3.8, 4) is 5.75 Å². The number of hydrogen-bond donors (Lipinski definition) is 2. The zero-order chi connectivity index (χ0) is 23.7. The van der Waals surface area contributed by atoms with Crippen molar-refractivity contribution < 1.29 is 19.0 Å². The van der Waals surface area contributed by atoms with Gasteiger partial charge in [0.05, 0.1) is 5.56 Å². The van der Waals surface area contributed by atoms with E-state index in [-0.39, 0.29) is 36.0 Å². The fourth-order valence-electron chi connectivity index (χ4n) is 4.94. The molecule has 4 aromatic rings. The van der Waals surface area contributed by atoms with Crippen LogP contribution in [0.4, 0.5) is 4.39 Å². The molecule has 0 bridgehead atoms. The van der Waals surface area contributed by atoms with Gasteiger partial charge in [0.1, 0.15) is 17.7 Å². The Hall–Kier alpha value is -3.41. The van der Waals surface area contributed by atoms with Gasteiger partial charge in [-0.05, 0) is 47.4 Å². The average Bonchev–Trinajstić information content (AvgIpc) is 2.86. The van der Waals surface area contributed by atoms with E-state index in [4.69, 9.17) is 4.74 Å². The van der Waals surface area contributed by atoms with Crippen LogP contribution in [0.2, 0.25) is 0 Å². The molecule has 0 fully saturated rings. The van der Waals surface area contributed by atoms with Crippen LogP contribution in [-0.4, -0.2) is 23.7 Å². The largest absolute Gasteiger partial charge is 0.489 e. The molecule has 1 aliphatic heterocycles. The van der Waals surface area contributed by atoms with E-state index in [1.165, 1.54) is 22.4 Å². The monoisotopic (exact) mass is 491 g/mol. The zero-order valence-corrected chi connectivity index (χ0v) is 20.1. The number of fused-ring (bicyclic) bond motifs is 2. The standard InChI is InChI=1S/C29H26FNO3.ClH/c1-18(21-12-6-9-19-8-2-3-10-22(19)21)31-17-20-16-26(23-11-4-5-15-27(23)34-20)24-13-7-14-25(28(24)30)29(32)33;/h2-15,18,20,26,31H,16-17H2,1H3,(H,32,33);1H/t18-,20-,26-;/m1./s1. The molecule has 4 nitrogen and oxygen atoms in total. The van der Waals surface area contributed by atoms with Gasteiger partial charge < -0.3 is 15.2 Å². The van der Waals surface area contributed by atoms with Crippen LogP contribution in [0.15, 0.2) is 84.9 Å². The van der Waals surface area contributed by atoms with E-state index >= 15 is 4.39 Å². The molecule has 0 saturated carbocycles. The quantitative estimate of drug-likeness (QED) is 0.314. The third-order valence-corrected chi connectivity index (χ3v) is 6.66. The number of para-hydroxylation sites is 1. The minimum absolute atomic E-state index is 0. The minimum Gasteiger partial charge on any atom is -0.489 e. The molecule has 0 aliphatic carbocycles. The summed E-state index contributed by atoms with van der Waals surface area (Å²) in [6.45, 7) is 2.71. The molecule has 6 heteroatoms. The second kappa shape index (κ2) is 10.5. The first-order valence-corrected chi connectivity index (χ1v) is 11.5. The molecule has 0 spiro atoms. The first-order valence-electron chi connectivity index (χ1n) is 11.5. The summed E-state index contributed by atoms with van der Waals surface area (Å²) in [4.78, 5) is 11.5. The summed E-state index contributed by atoms with van der Waals surface area (Å²) < 4.78 is 21.4. The number of halogens is 2. The van der Waals surface area contributed by atoms with E-state index in [2.05, 4.69) is 42.6 Å². The summed E-state index contributed by atoms with van der Waals surface area (Å²) in [5.74, 6) is -1.51. The van der Waals surface area contributed by atoms with E-state index < -0.39 is 11.8 Å². The van der Waals surface area contributed by atoms with Crippen molar-refractivity contribution in [1.29, 1.82) is 0 Å². The first kappa shape index (κ1) is 24.7. The Balaban J connectivity index is 0.00000289. The summed E-state index contributed by atoms with van der Waals surface area (Å²) in [6.07, 6.45) is 0.358. The average molecular weight is 492 g/mol. The number of hydrogen-bond acceptors (Lipinski definition) is 3. The number of carboxylic acids is 1. The SMILES string of the molecule is C[C@@H](NC[C@H]1C[C@@H](c2cccc(C(=O)O)c2F)c2ccccc2O1)c1cccc2ccccc12.Cl. The number of carbonyl (C=O) groups is 1. The number of aromatic carboxylic acids is 1. The van der Waals surface area contributed by atoms with Gasteiger partial charge in [0, 0.05) is 24.1 Å². The van der Waals surface area contributed by atoms with Crippen LogP contribution in [0.1, 0.15) is 52.4 Å². The summed E-state index contributed by atoms with van der Waals surface area (Å²) in [5, 5.41) is 15.4. The van der Waals surface area contributed by atoms with E-state index in [0.29, 0.717) is 24.3 Å². The summed E-state index contributed by atoms with van der Waals surface area (Å²) in [5.41, 5.74) is 2.18. The maximum atomic E-state index is 15.2. The number of rotatable bonds is 6. The van der Waals surface area contributed by atoms with Gasteiger partial charge in [0.2, 0.25) is 0 Å². The lowest BCUT2D eigenvalue weighted by Gasteiger charge is -2.33. The van der Waals surface area contributed by atoms with Crippen LogP contribution in [-0.2, 0) is 0 Å². The molecule has 35 heavy (non-hydrogen) atoms. The van der Waals surface area contributed by atoms with E-state index in [0.717, 1.165) is 5.56 Å². The van der Waals surface area contributed by atoms with Crippen molar-refractivity contribution in [2.75, 3.05) is 6.54 Å². The van der Waals surface area contributed by atoms with Crippen molar-refractivity contribution in [3.63, 3.8) is 0 Å². The van der Waals surface area contributed by atoms with E-state index in [9.17, 15) is 9.90 Å². The normalized spacial score (nSPS) is 17.7. The van der Waals surface area contributed by atoms with Crippen molar-refractivity contribution in [2.45, 2.75) is 31.4 Å². The second-order valence-electron chi connectivity index (χ2n) is 8.78. The third kappa shape index (κ3) is 4.88. The van der Waals surface area contributed by atoms with Gasteiger partial charge >= 0.3 is 5.97 Å². The Kier molecular flexibility index (Phi) is 7.39. The first-order chi connectivity index (χ1) is 16.5. The molecule has 1 aliphatic rings. The van der Waals surface area contributed by atoms with Gasteiger partial charge in [-0.1, -0.05) is 72.8 Å². The van der Waals surface area contributed by atoms with Gasteiger partial charge in [-0.25, -0.2) is 9.18 Å². The third-order valence-electron chi connectivity index (χ3n) is 6.66. The number of ether oxygens (including phenoxy) is 1. The molecular formula is C29H27ClFNO3. The predicted molar refractivity (Wildman–Crippen MR) is 138 cm³/mol. The lowest BCUT2D eigenvalue weighted by atomic mass is 9.83. The molecule has 0 radical (unpaired) electrons. The van der Waals surface area contributed by atoms with Crippen molar-refractivity contribution in [2.24, 2.45) is 0 Å². The van der Waals surface area contributed by atoms with Crippen molar-refractivity contribution in [3.05, 3.63) is 113 Å². The van der Waals surface area contributed by atoms with E-state index in [1.54, 1.807) is 12.1 Å². The lowest BCUT2D eigenvalue weighted by Crippen LogP contribution is -2.37. The summed E-state index contributed by atoms with van der Waals surface area (Å²) >= 11 is 0.